The molecule has 1 amide bonds. The minimum Gasteiger partial charge on any atom is -0.316 e. The Balaban J connectivity index is 1.77. The number of rotatable bonds is 5. The zero-order valence-corrected chi connectivity index (χ0v) is 18.5. The Labute approximate surface area is 179 Å². The van der Waals surface area contributed by atoms with Gasteiger partial charge in [-0.1, -0.05) is 60.7 Å². The minimum atomic E-state index is -3.29. The average Bonchev–Trinajstić information content (AvgIpc) is 3.04. The van der Waals surface area contributed by atoms with E-state index in [0.717, 1.165) is 33.0 Å². The smallest absolute Gasteiger partial charge is 0.252 e. The van der Waals surface area contributed by atoms with E-state index in [2.05, 4.69) is 11.9 Å². The van der Waals surface area contributed by atoms with Gasteiger partial charge in [0.25, 0.3) is 5.91 Å². The highest BCUT2D eigenvalue weighted by Crippen LogP contribution is 2.23. The Morgan fingerprint density at radius 2 is 1.83 bits per heavy atom. The second-order valence-corrected chi connectivity index (χ2v) is 10.3. The van der Waals surface area contributed by atoms with Gasteiger partial charge in [-0.2, -0.15) is 4.99 Å². The number of carbonyl (C=O) groups excluding carboxylic acids is 1. The monoisotopic (exact) mass is 438 g/mol. The van der Waals surface area contributed by atoms with Crippen LogP contribution in [0.25, 0.3) is 21.0 Å². The Hall–Kier alpha value is -2.77. The van der Waals surface area contributed by atoms with Crippen LogP contribution in [0, 0.1) is 0 Å². The first-order valence-corrected chi connectivity index (χ1v) is 12.5. The number of fused-ring (bicyclic) bond motifs is 2. The van der Waals surface area contributed by atoms with Gasteiger partial charge < -0.3 is 4.57 Å². The molecule has 0 radical (unpaired) electrons. The molecular formula is C23H22N2O3S2. The summed E-state index contributed by atoms with van der Waals surface area (Å²) in [5, 5.41) is 2.15. The van der Waals surface area contributed by atoms with Crippen molar-refractivity contribution >= 4 is 48.1 Å². The molecule has 1 aromatic heterocycles. The van der Waals surface area contributed by atoms with Crippen molar-refractivity contribution in [2.75, 3.05) is 6.26 Å². The highest BCUT2D eigenvalue weighted by molar-refractivity contribution is 7.90. The van der Waals surface area contributed by atoms with E-state index in [1.54, 1.807) is 18.2 Å². The Morgan fingerprint density at radius 1 is 1.07 bits per heavy atom. The van der Waals surface area contributed by atoms with E-state index in [0.29, 0.717) is 11.3 Å². The molecule has 30 heavy (non-hydrogen) atoms. The number of hydrogen-bond acceptors (Lipinski definition) is 4. The lowest BCUT2D eigenvalue weighted by atomic mass is 10.0. The molecule has 4 rings (SSSR count). The average molecular weight is 439 g/mol. The van der Waals surface area contributed by atoms with Crippen molar-refractivity contribution in [3.8, 4) is 0 Å². The Kier molecular flexibility index (Phi) is 5.58. The molecule has 0 aliphatic carbocycles. The molecule has 0 bridgehead atoms. The highest BCUT2D eigenvalue weighted by atomic mass is 32.2. The van der Waals surface area contributed by atoms with E-state index in [4.69, 9.17) is 0 Å². The van der Waals surface area contributed by atoms with Crippen molar-refractivity contribution in [2.45, 2.75) is 31.2 Å². The number of benzene rings is 3. The maximum Gasteiger partial charge on any atom is 0.252 e. The van der Waals surface area contributed by atoms with Crippen molar-refractivity contribution in [1.29, 1.82) is 0 Å². The van der Waals surface area contributed by atoms with E-state index >= 15 is 0 Å². The summed E-state index contributed by atoms with van der Waals surface area (Å²) >= 11 is 1.35. The van der Waals surface area contributed by atoms with Crippen LogP contribution < -0.4 is 4.80 Å². The molecule has 0 saturated carbocycles. The quantitative estimate of drug-likeness (QED) is 0.465. The predicted octanol–water partition coefficient (Wildman–Crippen LogP) is 4.34. The number of carbonyl (C=O) groups is 1. The summed E-state index contributed by atoms with van der Waals surface area (Å²) in [6.07, 6.45) is 2.29. The zero-order chi connectivity index (χ0) is 21.3. The van der Waals surface area contributed by atoms with Gasteiger partial charge in [0.1, 0.15) is 0 Å². The lowest BCUT2D eigenvalue weighted by Crippen LogP contribution is -2.17. The van der Waals surface area contributed by atoms with Crippen LogP contribution in [0.3, 0.4) is 0 Å². The summed E-state index contributed by atoms with van der Waals surface area (Å²) in [6, 6.07) is 19.0. The van der Waals surface area contributed by atoms with Gasteiger partial charge in [0.15, 0.2) is 14.6 Å². The summed E-state index contributed by atoms with van der Waals surface area (Å²) in [5.74, 6) is -0.217. The number of aryl methyl sites for hydroxylation is 1. The second-order valence-electron chi connectivity index (χ2n) is 7.26. The molecule has 0 aliphatic heterocycles. The molecule has 4 aromatic rings. The molecule has 0 atom stereocenters. The van der Waals surface area contributed by atoms with Crippen molar-refractivity contribution < 1.29 is 13.2 Å². The van der Waals surface area contributed by atoms with Crippen LogP contribution in [0.4, 0.5) is 0 Å². The van der Waals surface area contributed by atoms with E-state index in [9.17, 15) is 13.2 Å². The standard InChI is InChI=1S/C23H22N2O3S2/c1-3-13-25-20-12-11-18(30(2,27)28)15-21(20)29-23(25)24-22(26)14-17-9-6-8-16-7-4-5-10-19(16)17/h4-12,15H,3,13-14H2,1-2H3. The number of nitrogens with zero attached hydrogens (tertiary/aromatic N) is 2. The highest BCUT2D eigenvalue weighted by Gasteiger charge is 2.13. The van der Waals surface area contributed by atoms with Gasteiger partial charge in [-0.3, -0.25) is 4.79 Å². The maximum atomic E-state index is 12.8. The summed E-state index contributed by atoms with van der Waals surface area (Å²) in [6.45, 7) is 2.77. The first-order valence-electron chi connectivity index (χ1n) is 9.74. The lowest BCUT2D eigenvalue weighted by molar-refractivity contribution is -0.117. The molecule has 0 unspecified atom stereocenters. The van der Waals surface area contributed by atoms with Gasteiger partial charge in [-0.15, -0.1) is 0 Å². The lowest BCUT2D eigenvalue weighted by Gasteiger charge is -2.05. The van der Waals surface area contributed by atoms with Crippen LogP contribution in [-0.4, -0.2) is 25.1 Å². The van der Waals surface area contributed by atoms with Crippen LogP contribution >= 0.6 is 11.3 Å². The van der Waals surface area contributed by atoms with E-state index in [1.807, 2.05) is 47.0 Å². The zero-order valence-electron chi connectivity index (χ0n) is 16.8. The van der Waals surface area contributed by atoms with Crippen molar-refractivity contribution in [3.63, 3.8) is 0 Å². The van der Waals surface area contributed by atoms with Crippen LogP contribution in [-0.2, 0) is 27.6 Å². The molecule has 3 aromatic carbocycles. The molecule has 0 aliphatic rings. The topological polar surface area (TPSA) is 68.5 Å². The number of thiazole rings is 1. The van der Waals surface area contributed by atoms with Crippen molar-refractivity contribution in [1.82, 2.24) is 4.57 Å². The van der Waals surface area contributed by atoms with Crippen LogP contribution in [0.1, 0.15) is 18.9 Å². The van der Waals surface area contributed by atoms with Crippen LogP contribution in [0.5, 0.6) is 0 Å². The number of sulfone groups is 1. The molecule has 7 heteroatoms. The summed E-state index contributed by atoms with van der Waals surface area (Å²) in [4.78, 5) is 18.1. The first-order chi connectivity index (χ1) is 14.4. The molecule has 0 fully saturated rings. The molecule has 5 nitrogen and oxygen atoms in total. The van der Waals surface area contributed by atoms with Gasteiger partial charge in [0.05, 0.1) is 21.5 Å². The third kappa shape index (κ3) is 4.08. The van der Waals surface area contributed by atoms with E-state index < -0.39 is 9.84 Å². The molecule has 0 spiro atoms. The van der Waals surface area contributed by atoms with Gasteiger partial charge in [0, 0.05) is 12.8 Å². The fourth-order valence-corrected chi connectivity index (χ4v) is 5.40. The number of hydrogen-bond donors (Lipinski definition) is 0. The third-order valence-electron chi connectivity index (χ3n) is 4.97. The fourth-order valence-electron chi connectivity index (χ4n) is 3.56. The first kappa shape index (κ1) is 20.5. The number of aromatic nitrogens is 1. The molecular weight excluding hydrogens is 416 g/mol. The third-order valence-corrected chi connectivity index (χ3v) is 7.12. The van der Waals surface area contributed by atoms with Crippen molar-refractivity contribution in [2.24, 2.45) is 4.99 Å². The number of amides is 1. The normalized spacial score (nSPS) is 12.7. The fraction of sp³-hybridized carbons (Fsp3) is 0.217. The maximum absolute atomic E-state index is 12.8. The van der Waals surface area contributed by atoms with Gasteiger partial charge in [-0.25, -0.2) is 8.42 Å². The van der Waals surface area contributed by atoms with Crippen molar-refractivity contribution in [3.05, 3.63) is 71.0 Å². The SMILES string of the molecule is CCCn1c(=NC(=O)Cc2cccc3ccccc23)sc2cc(S(C)(=O)=O)ccc21. The summed E-state index contributed by atoms with van der Waals surface area (Å²) < 4.78 is 26.6. The molecule has 0 saturated heterocycles. The minimum absolute atomic E-state index is 0.217. The Bertz CT molecular complexity index is 1420. The molecule has 154 valence electrons. The second kappa shape index (κ2) is 8.16. The summed E-state index contributed by atoms with van der Waals surface area (Å²) in [7, 11) is -3.29. The van der Waals surface area contributed by atoms with Gasteiger partial charge in [0.2, 0.25) is 0 Å². The van der Waals surface area contributed by atoms with E-state index in [1.165, 1.54) is 17.6 Å². The van der Waals surface area contributed by atoms with Crippen LogP contribution in [0.15, 0.2) is 70.6 Å². The van der Waals surface area contributed by atoms with Crippen LogP contribution in [0.2, 0.25) is 0 Å². The Morgan fingerprint density at radius 3 is 2.60 bits per heavy atom. The molecule has 0 N–H and O–H groups in total. The van der Waals surface area contributed by atoms with Gasteiger partial charge >= 0.3 is 0 Å². The largest absolute Gasteiger partial charge is 0.316 e. The predicted molar refractivity (Wildman–Crippen MR) is 121 cm³/mol. The van der Waals surface area contributed by atoms with Gasteiger partial charge in [-0.05, 0) is 41.0 Å². The summed E-state index contributed by atoms with van der Waals surface area (Å²) in [5.41, 5.74) is 1.84. The molecule has 1 heterocycles. The van der Waals surface area contributed by atoms with E-state index in [-0.39, 0.29) is 17.2 Å².